The SMILES string of the molecule is O=C(c1ccc(-c2ccc(Cl)cc2)c(COc2ccc(-c3ccccc3C3CCCCC3)c(F)c2)c1)N1CCCC1. The van der Waals surface area contributed by atoms with Crippen LogP contribution in [0, 0.1) is 5.82 Å². The van der Waals surface area contributed by atoms with Gasteiger partial charge in [-0.2, -0.15) is 0 Å². The second-order valence-corrected chi connectivity index (χ2v) is 11.7. The number of ether oxygens (including phenoxy) is 1. The van der Waals surface area contributed by atoms with Crippen molar-refractivity contribution in [3.63, 3.8) is 0 Å². The number of rotatable bonds is 7. The van der Waals surface area contributed by atoms with E-state index in [-0.39, 0.29) is 18.3 Å². The molecule has 1 aliphatic heterocycles. The van der Waals surface area contributed by atoms with Crippen LogP contribution in [0.4, 0.5) is 4.39 Å². The van der Waals surface area contributed by atoms with Gasteiger partial charge >= 0.3 is 0 Å². The summed E-state index contributed by atoms with van der Waals surface area (Å²) in [5.74, 6) is 0.692. The number of likely N-dealkylation sites (tertiary alicyclic amines) is 1. The number of benzene rings is 4. The van der Waals surface area contributed by atoms with Gasteiger partial charge in [-0.15, -0.1) is 0 Å². The van der Waals surface area contributed by atoms with Gasteiger partial charge in [-0.25, -0.2) is 4.39 Å². The Kier molecular flexibility index (Phi) is 8.38. The van der Waals surface area contributed by atoms with E-state index in [4.69, 9.17) is 16.3 Å². The first kappa shape index (κ1) is 27.5. The third-order valence-electron chi connectivity index (χ3n) is 8.53. The molecule has 0 atom stereocenters. The zero-order valence-corrected chi connectivity index (χ0v) is 24.0. The molecule has 0 radical (unpaired) electrons. The third kappa shape index (κ3) is 6.18. The van der Waals surface area contributed by atoms with Gasteiger partial charge in [0, 0.05) is 35.3 Å². The van der Waals surface area contributed by atoms with E-state index < -0.39 is 0 Å². The number of carbonyl (C=O) groups excluding carboxylic acids is 1. The molecular weight excluding hydrogens is 533 g/mol. The van der Waals surface area contributed by atoms with Crippen LogP contribution in [-0.2, 0) is 6.61 Å². The number of hydrogen-bond donors (Lipinski definition) is 0. The van der Waals surface area contributed by atoms with Crippen LogP contribution < -0.4 is 4.74 Å². The van der Waals surface area contributed by atoms with Crippen LogP contribution in [0.2, 0.25) is 5.02 Å². The highest BCUT2D eigenvalue weighted by Crippen LogP contribution is 2.39. The predicted molar refractivity (Wildman–Crippen MR) is 164 cm³/mol. The van der Waals surface area contributed by atoms with Gasteiger partial charge in [0.1, 0.15) is 18.2 Å². The Morgan fingerprint density at radius 2 is 1.54 bits per heavy atom. The molecule has 0 aromatic heterocycles. The minimum Gasteiger partial charge on any atom is -0.489 e. The van der Waals surface area contributed by atoms with Crippen LogP contribution in [0.5, 0.6) is 5.75 Å². The minimum atomic E-state index is -0.290. The highest BCUT2D eigenvalue weighted by Gasteiger charge is 2.22. The molecule has 1 amide bonds. The zero-order valence-electron chi connectivity index (χ0n) is 23.3. The van der Waals surface area contributed by atoms with Gasteiger partial charge in [-0.1, -0.05) is 73.3 Å². The van der Waals surface area contributed by atoms with Crippen molar-refractivity contribution in [3.8, 4) is 28.0 Å². The Morgan fingerprint density at radius 3 is 2.29 bits per heavy atom. The molecule has 1 heterocycles. The topological polar surface area (TPSA) is 29.5 Å². The quantitative estimate of drug-likeness (QED) is 0.222. The number of amides is 1. The van der Waals surface area contributed by atoms with E-state index in [9.17, 15) is 4.79 Å². The molecule has 0 spiro atoms. The number of hydrogen-bond acceptors (Lipinski definition) is 2. The molecule has 41 heavy (non-hydrogen) atoms. The number of carbonyl (C=O) groups is 1. The largest absolute Gasteiger partial charge is 0.489 e. The third-order valence-corrected chi connectivity index (χ3v) is 8.78. The van der Waals surface area contributed by atoms with Crippen molar-refractivity contribution in [1.82, 2.24) is 4.90 Å². The molecule has 3 nitrogen and oxygen atoms in total. The average Bonchev–Trinajstić information content (AvgIpc) is 3.56. The Labute approximate surface area is 246 Å². The van der Waals surface area contributed by atoms with Crippen LogP contribution >= 0.6 is 11.6 Å². The van der Waals surface area contributed by atoms with Gasteiger partial charge in [0.25, 0.3) is 5.91 Å². The highest BCUT2D eigenvalue weighted by molar-refractivity contribution is 6.30. The minimum absolute atomic E-state index is 0.0402. The molecule has 1 saturated carbocycles. The van der Waals surface area contributed by atoms with Crippen molar-refractivity contribution < 1.29 is 13.9 Å². The average molecular weight is 568 g/mol. The van der Waals surface area contributed by atoms with Crippen LogP contribution in [-0.4, -0.2) is 23.9 Å². The first-order valence-electron chi connectivity index (χ1n) is 14.8. The molecule has 210 valence electrons. The van der Waals surface area contributed by atoms with E-state index in [0.717, 1.165) is 61.0 Å². The van der Waals surface area contributed by atoms with Crippen molar-refractivity contribution in [3.05, 3.63) is 112 Å². The van der Waals surface area contributed by atoms with Crippen LogP contribution in [0.3, 0.4) is 0 Å². The smallest absolute Gasteiger partial charge is 0.253 e. The first-order valence-corrected chi connectivity index (χ1v) is 15.1. The van der Waals surface area contributed by atoms with Crippen LogP contribution in [0.15, 0.2) is 84.9 Å². The molecule has 4 aromatic carbocycles. The number of halogens is 2. The van der Waals surface area contributed by atoms with E-state index in [1.54, 1.807) is 0 Å². The van der Waals surface area contributed by atoms with E-state index in [1.807, 2.05) is 71.6 Å². The van der Waals surface area contributed by atoms with Gasteiger partial charge in [0.05, 0.1) is 0 Å². The fourth-order valence-electron chi connectivity index (χ4n) is 6.34. The Bertz CT molecular complexity index is 1520. The normalized spacial score (nSPS) is 15.7. The monoisotopic (exact) mass is 567 g/mol. The van der Waals surface area contributed by atoms with Gasteiger partial charge < -0.3 is 9.64 Å². The van der Waals surface area contributed by atoms with Crippen molar-refractivity contribution in [1.29, 1.82) is 0 Å². The molecule has 0 N–H and O–H groups in total. The summed E-state index contributed by atoms with van der Waals surface area (Å²) in [7, 11) is 0. The summed E-state index contributed by atoms with van der Waals surface area (Å²) in [6.07, 6.45) is 8.15. The second kappa shape index (κ2) is 12.5. The zero-order chi connectivity index (χ0) is 28.2. The molecule has 4 aromatic rings. The molecule has 5 heteroatoms. The first-order chi connectivity index (χ1) is 20.1. The van der Waals surface area contributed by atoms with Crippen molar-refractivity contribution >= 4 is 17.5 Å². The lowest BCUT2D eigenvalue weighted by Crippen LogP contribution is -2.27. The maximum Gasteiger partial charge on any atom is 0.253 e. The fraction of sp³-hybridized carbons (Fsp3) is 0.306. The summed E-state index contributed by atoms with van der Waals surface area (Å²) >= 11 is 6.13. The summed E-state index contributed by atoms with van der Waals surface area (Å²) in [5, 5.41) is 0.660. The lowest BCUT2D eigenvalue weighted by Gasteiger charge is -2.24. The second-order valence-electron chi connectivity index (χ2n) is 11.2. The van der Waals surface area contributed by atoms with E-state index in [0.29, 0.717) is 27.8 Å². The number of nitrogens with zero attached hydrogens (tertiary/aromatic N) is 1. The van der Waals surface area contributed by atoms with Crippen LogP contribution in [0.1, 0.15) is 72.3 Å². The summed E-state index contributed by atoms with van der Waals surface area (Å²) < 4.78 is 21.8. The highest BCUT2D eigenvalue weighted by atomic mass is 35.5. The molecule has 0 bridgehead atoms. The maximum absolute atomic E-state index is 15.6. The Hall–Kier alpha value is -3.63. The standard InChI is InChI=1S/C36H35ClFNO2/c37-29-15-12-26(13-16-29)31-18-14-27(36(40)39-20-6-7-21-39)22-28(31)24-41-30-17-19-34(35(38)23-30)33-11-5-4-10-32(33)25-8-2-1-3-9-25/h4-5,10-19,22-23,25H,1-3,6-9,20-21,24H2. The Balaban J connectivity index is 1.26. The predicted octanol–water partition coefficient (Wildman–Crippen LogP) is 9.68. The molecule has 1 saturated heterocycles. The summed E-state index contributed by atoms with van der Waals surface area (Å²) in [5.41, 5.74) is 6.27. The van der Waals surface area contributed by atoms with Gasteiger partial charge in [-0.3, -0.25) is 4.79 Å². The Morgan fingerprint density at radius 1 is 0.805 bits per heavy atom. The molecular formula is C36H35ClFNO2. The lowest BCUT2D eigenvalue weighted by atomic mass is 9.81. The fourth-order valence-corrected chi connectivity index (χ4v) is 6.46. The van der Waals surface area contributed by atoms with E-state index in [1.165, 1.54) is 30.9 Å². The van der Waals surface area contributed by atoms with E-state index in [2.05, 4.69) is 12.1 Å². The molecule has 2 aliphatic rings. The summed E-state index contributed by atoms with van der Waals surface area (Å²) in [6, 6.07) is 26.8. The molecule has 2 fully saturated rings. The lowest BCUT2D eigenvalue weighted by molar-refractivity contribution is 0.0792. The molecule has 0 unspecified atom stereocenters. The van der Waals surface area contributed by atoms with Crippen LogP contribution in [0.25, 0.3) is 22.3 Å². The molecule has 1 aliphatic carbocycles. The van der Waals surface area contributed by atoms with Crippen molar-refractivity contribution in [2.24, 2.45) is 0 Å². The maximum atomic E-state index is 15.6. The van der Waals surface area contributed by atoms with Crippen molar-refractivity contribution in [2.75, 3.05) is 13.1 Å². The van der Waals surface area contributed by atoms with E-state index >= 15 is 4.39 Å². The van der Waals surface area contributed by atoms with Gasteiger partial charge in [0.15, 0.2) is 0 Å². The van der Waals surface area contributed by atoms with Gasteiger partial charge in [0.2, 0.25) is 0 Å². The summed E-state index contributed by atoms with van der Waals surface area (Å²) in [4.78, 5) is 15.0. The van der Waals surface area contributed by atoms with Crippen molar-refractivity contribution in [2.45, 2.75) is 57.5 Å². The molecule has 6 rings (SSSR count). The van der Waals surface area contributed by atoms with Gasteiger partial charge in [-0.05, 0) is 95.8 Å². The summed E-state index contributed by atoms with van der Waals surface area (Å²) in [6.45, 7) is 1.79.